The summed E-state index contributed by atoms with van der Waals surface area (Å²) in [6, 6.07) is 22.2. The number of carbonyl (C=O) groups is 1. The van der Waals surface area contributed by atoms with Gasteiger partial charge in [-0.2, -0.15) is 0 Å². The first-order chi connectivity index (χ1) is 14.7. The number of ether oxygens (including phenoxy) is 2. The topological polar surface area (TPSA) is 74.2 Å². The first-order valence-electron chi connectivity index (χ1n) is 9.30. The average molecular weight is 397 g/mol. The molecule has 6 nitrogen and oxygen atoms in total. The minimum absolute atomic E-state index is 0.527. The van der Waals surface area contributed by atoms with Crippen molar-refractivity contribution in [2.24, 2.45) is 0 Å². The molecule has 30 heavy (non-hydrogen) atoms. The largest absolute Gasteiger partial charge is 0.497 e. The van der Waals surface area contributed by atoms with Crippen LogP contribution in [0.1, 0.15) is 10.4 Å². The molecular formula is C24H19N3O3. The molecule has 0 amide bonds. The lowest BCUT2D eigenvalue weighted by Gasteiger charge is -2.09. The molecule has 0 N–H and O–H groups in total. The number of hydrogen-bond acceptors (Lipinski definition) is 6. The predicted molar refractivity (Wildman–Crippen MR) is 115 cm³/mol. The third-order valence-electron chi connectivity index (χ3n) is 4.64. The van der Waals surface area contributed by atoms with E-state index in [0.29, 0.717) is 23.0 Å². The van der Waals surface area contributed by atoms with E-state index in [0.717, 1.165) is 34.5 Å². The second-order valence-electron chi connectivity index (χ2n) is 6.50. The molecule has 0 spiro atoms. The van der Waals surface area contributed by atoms with Gasteiger partial charge in [-0.3, -0.25) is 4.79 Å². The quantitative estimate of drug-likeness (QED) is 0.439. The summed E-state index contributed by atoms with van der Waals surface area (Å²) in [5.74, 6) is 3.14. The molecular weight excluding hydrogens is 378 g/mol. The molecule has 0 aliphatic heterocycles. The van der Waals surface area contributed by atoms with Crippen molar-refractivity contribution < 1.29 is 14.3 Å². The van der Waals surface area contributed by atoms with Crippen LogP contribution in [0.5, 0.6) is 11.5 Å². The van der Waals surface area contributed by atoms with Gasteiger partial charge < -0.3 is 9.47 Å². The van der Waals surface area contributed by atoms with Gasteiger partial charge in [0.1, 0.15) is 17.8 Å². The summed E-state index contributed by atoms with van der Waals surface area (Å²) >= 11 is 0. The Bertz CT molecular complexity index is 1090. The van der Waals surface area contributed by atoms with Crippen molar-refractivity contribution in [2.75, 3.05) is 14.2 Å². The van der Waals surface area contributed by atoms with Gasteiger partial charge in [0, 0.05) is 22.3 Å². The molecule has 0 saturated heterocycles. The standard InChI is InChI=1S/C24H19N3O3/c1-29-20-11-7-18(8-12-20)23-25-22(17-5-3-16(15-28)4-6-17)26-24(27-23)19-9-13-21(30-2)14-10-19/h3-15H,1-2H3. The Balaban J connectivity index is 1.84. The van der Waals surface area contributed by atoms with E-state index in [1.54, 1.807) is 26.4 Å². The monoisotopic (exact) mass is 397 g/mol. The molecule has 0 bridgehead atoms. The van der Waals surface area contributed by atoms with Gasteiger partial charge >= 0.3 is 0 Å². The molecule has 1 heterocycles. The van der Waals surface area contributed by atoms with Crippen LogP contribution in [0, 0.1) is 0 Å². The maximum absolute atomic E-state index is 11.0. The van der Waals surface area contributed by atoms with E-state index in [4.69, 9.17) is 9.47 Å². The number of aldehydes is 1. The molecule has 0 unspecified atom stereocenters. The second-order valence-corrected chi connectivity index (χ2v) is 6.50. The highest BCUT2D eigenvalue weighted by molar-refractivity contribution is 5.76. The van der Waals surface area contributed by atoms with Gasteiger partial charge in [0.2, 0.25) is 0 Å². The summed E-state index contributed by atoms with van der Waals surface area (Å²) in [6.07, 6.45) is 0.808. The first-order valence-corrected chi connectivity index (χ1v) is 9.30. The van der Waals surface area contributed by atoms with E-state index in [1.807, 2.05) is 60.7 Å². The number of hydrogen-bond donors (Lipinski definition) is 0. The minimum atomic E-state index is 0.527. The van der Waals surface area contributed by atoms with Gasteiger partial charge in [0.25, 0.3) is 0 Å². The fourth-order valence-electron chi connectivity index (χ4n) is 2.95. The zero-order valence-electron chi connectivity index (χ0n) is 16.6. The van der Waals surface area contributed by atoms with Crippen LogP contribution in [0.4, 0.5) is 0 Å². The van der Waals surface area contributed by atoms with Crippen LogP contribution in [-0.4, -0.2) is 35.5 Å². The molecule has 0 saturated carbocycles. The summed E-state index contributed by atoms with van der Waals surface area (Å²) < 4.78 is 10.5. The number of carbonyl (C=O) groups excluding carboxylic acids is 1. The molecule has 0 aliphatic rings. The van der Waals surface area contributed by atoms with Gasteiger partial charge in [0.05, 0.1) is 14.2 Å². The Hall–Kier alpha value is -4.06. The first kappa shape index (κ1) is 19.3. The number of aromatic nitrogens is 3. The number of benzene rings is 3. The summed E-state index contributed by atoms with van der Waals surface area (Å²) in [4.78, 5) is 25.0. The van der Waals surface area contributed by atoms with Crippen LogP contribution in [0.25, 0.3) is 34.2 Å². The van der Waals surface area contributed by atoms with Crippen molar-refractivity contribution in [2.45, 2.75) is 0 Å². The molecule has 3 aromatic carbocycles. The summed E-state index contributed by atoms with van der Waals surface area (Å²) in [5, 5.41) is 0. The van der Waals surface area contributed by atoms with Crippen molar-refractivity contribution in [3.05, 3.63) is 78.4 Å². The highest BCUT2D eigenvalue weighted by Crippen LogP contribution is 2.26. The Morgan fingerprint density at radius 3 is 1.20 bits per heavy atom. The van der Waals surface area contributed by atoms with Gasteiger partial charge in [-0.15, -0.1) is 0 Å². The third kappa shape index (κ3) is 4.03. The maximum Gasteiger partial charge on any atom is 0.164 e. The van der Waals surface area contributed by atoms with Crippen molar-refractivity contribution >= 4 is 6.29 Å². The Morgan fingerprint density at radius 1 is 0.567 bits per heavy atom. The van der Waals surface area contributed by atoms with E-state index in [1.165, 1.54) is 0 Å². The molecule has 0 fully saturated rings. The lowest BCUT2D eigenvalue weighted by molar-refractivity contribution is 0.112. The van der Waals surface area contributed by atoms with E-state index in [2.05, 4.69) is 15.0 Å². The number of rotatable bonds is 6. The summed E-state index contributed by atoms with van der Waals surface area (Å²) in [7, 11) is 3.25. The van der Waals surface area contributed by atoms with Gasteiger partial charge in [-0.1, -0.05) is 24.3 Å². The molecule has 0 atom stereocenters. The number of methoxy groups -OCH3 is 2. The van der Waals surface area contributed by atoms with E-state index in [9.17, 15) is 4.79 Å². The fourth-order valence-corrected chi connectivity index (χ4v) is 2.95. The van der Waals surface area contributed by atoms with Crippen LogP contribution in [0.15, 0.2) is 72.8 Å². The van der Waals surface area contributed by atoms with Crippen LogP contribution in [-0.2, 0) is 0 Å². The lowest BCUT2D eigenvalue weighted by atomic mass is 10.1. The maximum atomic E-state index is 11.0. The van der Waals surface area contributed by atoms with Crippen LogP contribution < -0.4 is 9.47 Å². The zero-order valence-corrected chi connectivity index (χ0v) is 16.6. The smallest absolute Gasteiger partial charge is 0.164 e. The molecule has 4 aromatic rings. The van der Waals surface area contributed by atoms with Crippen molar-refractivity contribution in [3.8, 4) is 45.7 Å². The van der Waals surface area contributed by atoms with E-state index in [-0.39, 0.29) is 0 Å². The average Bonchev–Trinajstić information content (AvgIpc) is 2.84. The molecule has 4 rings (SSSR count). The zero-order chi connectivity index (χ0) is 20.9. The molecule has 0 radical (unpaired) electrons. The number of nitrogens with zero attached hydrogens (tertiary/aromatic N) is 3. The van der Waals surface area contributed by atoms with Crippen LogP contribution in [0.2, 0.25) is 0 Å². The second kappa shape index (κ2) is 8.53. The van der Waals surface area contributed by atoms with E-state index < -0.39 is 0 Å². The molecule has 1 aromatic heterocycles. The highest BCUT2D eigenvalue weighted by Gasteiger charge is 2.12. The van der Waals surface area contributed by atoms with Crippen molar-refractivity contribution in [1.82, 2.24) is 15.0 Å². The normalized spacial score (nSPS) is 10.5. The lowest BCUT2D eigenvalue weighted by Crippen LogP contribution is -2.00. The van der Waals surface area contributed by atoms with Gasteiger partial charge in [-0.25, -0.2) is 15.0 Å². The summed E-state index contributed by atoms with van der Waals surface area (Å²) in [6.45, 7) is 0. The van der Waals surface area contributed by atoms with Gasteiger partial charge in [-0.05, 0) is 48.5 Å². The molecule has 0 aliphatic carbocycles. The molecule has 6 heteroatoms. The molecule has 148 valence electrons. The van der Waals surface area contributed by atoms with Crippen molar-refractivity contribution in [1.29, 1.82) is 0 Å². The van der Waals surface area contributed by atoms with E-state index >= 15 is 0 Å². The Kier molecular flexibility index (Phi) is 5.48. The Morgan fingerprint density at radius 2 is 0.900 bits per heavy atom. The summed E-state index contributed by atoms with van der Waals surface area (Å²) in [5.41, 5.74) is 3.09. The third-order valence-corrected chi connectivity index (χ3v) is 4.64. The Labute approximate surface area is 174 Å². The van der Waals surface area contributed by atoms with Crippen LogP contribution in [0.3, 0.4) is 0 Å². The van der Waals surface area contributed by atoms with Gasteiger partial charge in [0.15, 0.2) is 17.5 Å². The van der Waals surface area contributed by atoms with Crippen molar-refractivity contribution in [3.63, 3.8) is 0 Å². The predicted octanol–water partition coefficient (Wildman–Crippen LogP) is 4.70. The highest BCUT2D eigenvalue weighted by atomic mass is 16.5. The van der Waals surface area contributed by atoms with Crippen LogP contribution >= 0.6 is 0 Å². The SMILES string of the molecule is COc1ccc(-c2nc(-c3ccc(C=O)cc3)nc(-c3ccc(OC)cc3)n2)cc1. The minimum Gasteiger partial charge on any atom is -0.497 e. The fraction of sp³-hybridized carbons (Fsp3) is 0.0833.